The van der Waals surface area contributed by atoms with Crippen LogP contribution in [0.1, 0.15) is 44.7 Å². The second-order valence-electron chi connectivity index (χ2n) is 7.69. The lowest BCUT2D eigenvalue weighted by Gasteiger charge is -2.35. The lowest BCUT2D eigenvalue weighted by atomic mass is 9.82. The second kappa shape index (κ2) is 9.11. The number of likely N-dealkylation sites (tertiary alicyclic amines) is 1. The number of halogens is 1. The van der Waals surface area contributed by atoms with Crippen LogP contribution in [0.2, 0.25) is 0 Å². The molecule has 7 nitrogen and oxygen atoms in total. The van der Waals surface area contributed by atoms with Crippen molar-refractivity contribution in [3.8, 4) is 6.07 Å². The number of hydrogen-bond donors (Lipinski definition) is 1. The zero-order chi connectivity index (χ0) is 20.0. The summed E-state index contributed by atoms with van der Waals surface area (Å²) in [5.74, 6) is -0.217. The van der Waals surface area contributed by atoms with Gasteiger partial charge in [-0.25, -0.2) is 4.39 Å². The molecule has 1 aliphatic carbocycles. The maximum Gasteiger partial charge on any atom is 0.237 e. The minimum atomic E-state index is -1.11. The van der Waals surface area contributed by atoms with Gasteiger partial charge in [0.25, 0.3) is 0 Å². The molecule has 2 aliphatic rings. The van der Waals surface area contributed by atoms with Crippen LogP contribution < -0.4 is 5.32 Å². The zero-order valence-electron chi connectivity index (χ0n) is 16.1. The van der Waals surface area contributed by atoms with Crippen molar-refractivity contribution in [3.63, 3.8) is 0 Å². The van der Waals surface area contributed by atoms with E-state index < -0.39 is 12.2 Å². The molecule has 28 heavy (non-hydrogen) atoms. The van der Waals surface area contributed by atoms with E-state index in [4.69, 9.17) is 10.1 Å². The number of alkyl halides is 1. The van der Waals surface area contributed by atoms with Crippen LogP contribution in [0.4, 0.5) is 4.39 Å². The highest BCUT2D eigenvalue weighted by Crippen LogP contribution is 2.27. The van der Waals surface area contributed by atoms with E-state index in [0.29, 0.717) is 6.61 Å². The Labute approximate surface area is 164 Å². The topological polar surface area (TPSA) is 90.6 Å². The predicted octanol–water partition coefficient (Wildman–Crippen LogP) is 2.34. The Bertz CT molecular complexity index is 739. The van der Waals surface area contributed by atoms with E-state index in [0.717, 1.165) is 37.1 Å². The number of hydrogen-bond acceptors (Lipinski definition) is 6. The van der Waals surface area contributed by atoms with Crippen LogP contribution in [0.3, 0.4) is 0 Å². The number of nitriles is 1. The summed E-state index contributed by atoms with van der Waals surface area (Å²) < 4.78 is 13.5. The van der Waals surface area contributed by atoms with Gasteiger partial charge >= 0.3 is 0 Å². The van der Waals surface area contributed by atoms with Gasteiger partial charge in [-0.2, -0.15) is 5.26 Å². The maximum absolute atomic E-state index is 13.5. The van der Waals surface area contributed by atoms with E-state index in [-0.39, 0.29) is 31.0 Å². The molecule has 1 saturated carbocycles. The lowest BCUT2D eigenvalue weighted by molar-refractivity contribution is -0.130. The highest BCUT2D eigenvalue weighted by atomic mass is 19.1. The number of carbonyl (C=O) groups excluding carboxylic acids is 1. The molecule has 1 aromatic rings. The summed E-state index contributed by atoms with van der Waals surface area (Å²) in [6.45, 7) is 2.55. The fourth-order valence-corrected chi connectivity index (χ4v) is 3.60. The van der Waals surface area contributed by atoms with Gasteiger partial charge in [0, 0.05) is 18.2 Å². The van der Waals surface area contributed by atoms with Crippen molar-refractivity contribution < 1.29 is 14.0 Å². The number of carbonyl (C=O) groups is 1. The molecule has 1 aromatic heterocycles. The van der Waals surface area contributed by atoms with Crippen molar-refractivity contribution in [2.45, 2.75) is 63.4 Å². The van der Waals surface area contributed by atoms with Gasteiger partial charge in [-0.05, 0) is 44.7 Å². The highest BCUT2D eigenvalue weighted by Gasteiger charge is 2.36. The van der Waals surface area contributed by atoms with Gasteiger partial charge in [-0.3, -0.25) is 9.78 Å². The van der Waals surface area contributed by atoms with Gasteiger partial charge in [-0.1, -0.05) is 11.2 Å². The Balaban J connectivity index is 1.42. The van der Waals surface area contributed by atoms with Gasteiger partial charge < -0.3 is 15.1 Å². The molecule has 2 unspecified atom stereocenters. The summed E-state index contributed by atoms with van der Waals surface area (Å²) in [4.78, 5) is 23.3. The predicted molar refractivity (Wildman–Crippen MR) is 102 cm³/mol. The van der Waals surface area contributed by atoms with Crippen molar-refractivity contribution >= 4 is 11.6 Å². The normalized spacial score (nSPS) is 27.3. The number of oxime groups is 1. The van der Waals surface area contributed by atoms with Crippen LogP contribution in [0.25, 0.3) is 0 Å². The Kier molecular flexibility index (Phi) is 6.57. The molecule has 8 heteroatoms. The number of aromatic nitrogens is 1. The molecule has 1 aliphatic heterocycles. The number of rotatable bonds is 6. The molecule has 0 aromatic carbocycles. The van der Waals surface area contributed by atoms with Crippen LogP contribution in [-0.2, 0) is 16.2 Å². The molecular formula is C20H26FN5O2. The van der Waals surface area contributed by atoms with Crippen molar-refractivity contribution in [1.29, 1.82) is 5.26 Å². The molecular weight excluding hydrogens is 361 g/mol. The Morgan fingerprint density at radius 3 is 2.96 bits per heavy atom. The van der Waals surface area contributed by atoms with Crippen molar-refractivity contribution in [2.75, 3.05) is 13.1 Å². The third-order valence-corrected chi connectivity index (χ3v) is 5.45. The second-order valence-corrected chi connectivity index (χ2v) is 7.69. The fourth-order valence-electron chi connectivity index (χ4n) is 3.60. The maximum atomic E-state index is 13.5. The van der Waals surface area contributed by atoms with Gasteiger partial charge in [0.1, 0.15) is 12.2 Å². The molecule has 150 valence electrons. The van der Waals surface area contributed by atoms with E-state index in [2.05, 4.69) is 22.4 Å². The molecule has 0 bridgehead atoms. The Hall–Kier alpha value is -2.53. The lowest BCUT2D eigenvalue weighted by Crippen LogP contribution is -2.50. The SMILES string of the molecule is CC1(NCC(=O)N2CC(F)CC2C#N)CCC(=NOCc2ccccn2)CC1. The molecule has 2 fully saturated rings. The van der Waals surface area contributed by atoms with Crippen LogP contribution in [-0.4, -0.2) is 52.3 Å². The summed E-state index contributed by atoms with van der Waals surface area (Å²) in [5.41, 5.74) is 1.65. The van der Waals surface area contributed by atoms with Crippen LogP contribution in [0.15, 0.2) is 29.6 Å². The standard InChI is InChI=1S/C20H26FN5O2/c1-20(24-12-19(27)26-13-15(21)10-18(26)11-22)7-5-16(6-8-20)25-28-14-17-4-2-3-9-23-17/h2-4,9,15,18,24H,5-8,10,12-14H2,1H3. The van der Waals surface area contributed by atoms with E-state index >= 15 is 0 Å². The van der Waals surface area contributed by atoms with Crippen molar-refractivity contribution in [3.05, 3.63) is 30.1 Å². The van der Waals surface area contributed by atoms with E-state index in [1.807, 2.05) is 24.3 Å². The molecule has 3 rings (SSSR count). The smallest absolute Gasteiger partial charge is 0.237 e. The van der Waals surface area contributed by atoms with Crippen LogP contribution >= 0.6 is 0 Å². The molecule has 0 radical (unpaired) electrons. The number of pyridine rings is 1. The number of nitrogens with one attached hydrogen (secondary N) is 1. The van der Waals surface area contributed by atoms with Gasteiger partial charge in [0.2, 0.25) is 5.91 Å². The first-order chi connectivity index (χ1) is 13.5. The van der Waals surface area contributed by atoms with Gasteiger partial charge in [0.15, 0.2) is 6.61 Å². The van der Waals surface area contributed by atoms with Crippen LogP contribution in [0, 0.1) is 11.3 Å². The zero-order valence-corrected chi connectivity index (χ0v) is 16.1. The molecule has 2 atom stereocenters. The summed E-state index contributed by atoms with van der Waals surface area (Å²) in [5, 5.41) is 16.6. The molecule has 1 N–H and O–H groups in total. The fraction of sp³-hybridized carbons (Fsp3) is 0.600. The highest BCUT2D eigenvalue weighted by molar-refractivity contribution is 5.85. The third-order valence-electron chi connectivity index (χ3n) is 5.45. The van der Waals surface area contributed by atoms with Gasteiger partial charge in [-0.15, -0.1) is 0 Å². The first-order valence-electron chi connectivity index (χ1n) is 9.65. The molecule has 2 heterocycles. The molecule has 0 spiro atoms. The Morgan fingerprint density at radius 1 is 1.50 bits per heavy atom. The number of amides is 1. The number of nitrogens with zero attached hydrogens (tertiary/aromatic N) is 4. The molecule has 1 amide bonds. The Morgan fingerprint density at radius 2 is 2.29 bits per heavy atom. The largest absolute Gasteiger partial charge is 0.389 e. The average Bonchev–Trinajstić information content (AvgIpc) is 3.10. The summed E-state index contributed by atoms with van der Waals surface area (Å²) in [7, 11) is 0. The summed E-state index contributed by atoms with van der Waals surface area (Å²) >= 11 is 0. The minimum absolute atomic E-state index is 0.0138. The molecule has 1 saturated heterocycles. The quantitative estimate of drug-likeness (QED) is 0.757. The van der Waals surface area contributed by atoms with E-state index in [1.165, 1.54) is 4.90 Å². The van der Waals surface area contributed by atoms with E-state index in [1.54, 1.807) is 6.20 Å². The average molecular weight is 387 g/mol. The van der Waals surface area contributed by atoms with Crippen molar-refractivity contribution in [1.82, 2.24) is 15.2 Å². The van der Waals surface area contributed by atoms with E-state index in [9.17, 15) is 9.18 Å². The summed E-state index contributed by atoms with van der Waals surface area (Å²) in [6, 6.07) is 7.01. The third kappa shape index (κ3) is 5.26. The van der Waals surface area contributed by atoms with Gasteiger partial charge in [0.05, 0.1) is 30.6 Å². The van der Waals surface area contributed by atoms with Crippen molar-refractivity contribution in [2.24, 2.45) is 5.16 Å². The first-order valence-corrected chi connectivity index (χ1v) is 9.65. The van der Waals surface area contributed by atoms with Crippen LogP contribution in [0.5, 0.6) is 0 Å². The first kappa shape index (κ1) is 20.2. The summed E-state index contributed by atoms with van der Waals surface area (Å²) in [6.07, 6.45) is 3.97. The monoisotopic (exact) mass is 387 g/mol. The minimum Gasteiger partial charge on any atom is -0.389 e.